The third-order valence-corrected chi connectivity index (χ3v) is 6.84. The van der Waals surface area contributed by atoms with Gasteiger partial charge in [-0.25, -0.2) is 14.6 Å². The first-order valence-corrected chi connectivity index (χ1v) is 11.0. The van der Waals surface area contributed by atoms with Gasteiger partial charge >= 0.3 is 12.1 Å². The molecule has 2 aromatic rings. The molecule has 2 aliphatic heterocycles. The second kappa shape index (κ2) is 8.05. The number of likely N-dealkylation sites (tertiary alicyclic amines) is 1. The number of urea groups is 1. The Balaban J connectivity index is 1.57. The predicted octanol–water partition coefficient (Wildman–Crippen LogP) is 3.35. The summed E-state index contributed by atoms with van der Waals surface area (Å²) >= 11 is 10.6. The van der Waals surface area contributed by atoms with Crippen molar-refractivity contribution in [3.05, 3.63) is 38.8 Å². The summed E-state index contributed by atoms with van der Waals surface area (Å²) in [4.78, 5) is 43.4. The molecule has 1 spiro atoms. The quantitative estimate of drug-likeness (QED) is 0.581. The molecule has 9 nitrogen and oxygen atoms in total. The highest BCUT2D eigenvalue weighted by molar-refractivity contribution is 9.10. The van der Waals surface area contributed by atoms with E-state index in [0.29, 0.717) is 35.5 Å². The van der Waals surface area contributed by atoms with Crippen LogP contribution in [0.15, 0.2) is 28.9 Å². The molecule has 30 heavy (non-hydrogen) atoms. The molecule has 1 saturated heterocycles. The van der Waals surface area contributed by atoms with Crippen molar-refractivity contribution >= 4 is 67.7 Å². The Morgan fingerprint density at radius 3 is 2.83 bits per heavy atom. The monoisotopic (exact) mass is 513 g/mol. The molecule has 3 N–H and O–H groups in total. The topological polar surface area (TPSA) is 115 Å². The molecule has 0 radical (unpaired) electrons. The third kappa shape index (κ3) is 3.96. The van der Waals surface area contributed by atoms with Gasteiger partial charge in [-0.1, -0.05) is 38.9 Å². The lowest BCUT2D eigenvalue weighted by molar-refractivity contribution is -0.129. The zero-order valence-electron chi connectivity index (χ0n) is 15.5. The number of nitrogens with zero attached hydrogens (tertiary/aromatic N) is 3. The molecule has 1 atom stereocenters. The molecule has 0 saturated carbocycles. The SMILES string of the molecule is O=C(O)NCC(=O)N1CCC2(C1)CN(C(=O)Nc1ncc(Cl)s1)c1ccc(Br)cc12. The van der Waals surface area contributed by atoms with E-state index in [-0.39, 0.29) is 18.5 Å². The molecular weight excluding hydrogens is 498 g/mol. The Hall–Kier alpha value is -2.37. The first-order chi connectivity index (χ1) is 14.3. The van der Waals surface area contributed by atoms with Crippen LogP contribution < -0.4 is 15.5 Å². The van der Waals surface area contributed by atoms with E-state index >= 15 is 0 Å². The number of amides is 4. The average Bonchev–Trinajstić information content (AvgIpc) is 3.39. The highest BCUT2D eigenvalue weighted by atomic mass is 79.9. The van der Waals surface area contributed by atoms with Crippen LogP contribution in [0.5, 0.6) is 0 Å². The standard InChI is InChI=1S/C18H17BrClN5O4S/c19-10-1-2-12-11(5-10)18(3-4-24(8-18)14(26)7-22-17(28)29)9-25(12)16(27)23-15-21-6-13(20)30-15/h1-2,5-6,22H,3-4,7-9H2,(H,28,29)(H,21,23,27). The minimum absolute atomic E-state index is 0.272. The Labute approximate surface area is 189 Å². The summed E-state index contributed by atoms with van der Waals surface area (Å²) in [5.41, 5.74) is 1.33. The van der Waals surface area contributed by atoms with Crippen LogP contribution in [0.25, 0.3) is 0 Å². The molecular formula is C18H17BrClN5O4S. The van der Waals surface area contributed by atoms with Crippen LogP contribution in [0.1, 0.15) is 12.0 Å². The molecule has 1 fully saturated rings. The van der Waals surface area contributed by atoms with Gasteiger partial charge in [0.1, 0.15) is 10.9 Å². The third-order valence-electron chi connectivity index (χ3n) is 5.32. The summed E-state index contributed by atoms with van der Waals surface area (Å²) < 4.78 is 1.36. The molecule has 3 heterocycles. The smallest absolute Gasteiger partial charge is 0.405 e. The van der Waals surface area contributed by atoms with Crippen LogP contribution >= 0.6 is 38.9 Å². The molecule has 4 amide bonds. The van der Waals surface area contributed by atoms with E-state index in [4.69, 9.17) is 16.7 Å². The zero-order valence-corrected chi connectivity index (χ0v) is 18.7. The molecule has 1 unspecified atom stereocenters. The van der Waals surface area contributed by atoms with E-state index in [2.05, 4.69) is 31.5 Å². The summed E-state index contributed by atoms with van der Waals surface area (Å²) in [6.07, 6.45) is 0.907. The summed E-state index contributed by atoms with van der Waals surface area (Å²) in [6, 6.07) is 5.40. The van der Waals surface area contributed by atoms with E-state index in [0.717, 1.165) is 15.7 Å². The number of benzene rings is 1. The Bertz CT molecular complexity index is 1030. The van der Waals surface area contributed by atoms with Crippen molar-refractivity contribution in [1.29, 1.82) is 0 Å². The minimum Gasteiger partial charge on any atom is -0.465 e. The van der Waals surface area contributed by atoms with Crippen molar-refractivity contribution in [2.75, 3.05) is 36.4 Å². The maximum absolute atomic E-state index is 13.0. The van der Waals surface area contributed by atoms with Crippen LogP contribution in [-0.2, 0) is 10.2 Å². The highest BCUT2D eigenvalue weighted by Gasteiger charge is 2.49. The molecule has 1 aromatic heterocycles. The van der Waals surface area contributed by atoms with E-state index in [9.17, 15) is 14.4 Å². The van der Waals surface area contributed by atoms with Gasteiger partial charge in [0, 0.05) is 35.2 Å². The second-order valence-electron chi connectivity index (χ2n) is 7.15. The van der Waals surface area contributed by atoms with Crippen LogP contribution in [0.3, 0.4) is 0 Å². The second-order valence-corrected chi connectivity index (χ2v) is 9.73. The van der Waals surface area contributed by atoms with Gasteiger partial charge in [-0.3, -0.25) is 15.0 Å². The number of hydrogen-bond donors (Lipinski definition) is 3. The largest absolute Gasteiger partial charge is 0.465 e. The minimum atomic E-state index is -1.24. The van der Waals surface area contributed by atoms with Crippen LogP contribution in [0.2, 0.25) is 4.34 Å². The van der Waals surface area contributed by atoms with Crippen LogP contribution in [0, 0.1) is 0 Å². The maximum Gasteiger partial charge on any atom is 0.405 e. The number of thiazole rings is 1. The normalized spacial score (nSPS) is 19.8. The van der Waals surface area contributed by atoms with E-state index in [1.54, 1.807) is 9.80 Å². The first kappa shape index (κ1) is 20.9. The van der Waals surface area contributed by atoms with Crippen molar-refractivity contribution in [3.63, 3.8) is 0 Å². The number of halogens is 2. The van der Waals surface area contributed by atoms with Gasteiger partial charge in [-0.05, 0) is 30.2 Å². The zero-order chi connectivity index (χ0) is 21.5. The molecule has 2 aliphatic rings. The van der Waals surface area contributed by atoms with Gasteiger partial charge in [0.15, 0.2) is 5.13 Å². The van der Waals surface area contributed by atoms with Gasteiger partial charge in [-0.15, -0.1) is 0 Å². The molecule has 4 rings (SSSR count). The van der Waals surface area contributed by atoms with Crippen molar-refractivity contribution in [2.24, 2.45) is 0 Å². The molecule has 12 heteroatoms. The van der Waals surface area contributed by atoms with Gasteiger partial charge in [-0.2, -0.15) is 0 Å². The summed E-state index contributed by atoms with van der Waals surface area (Å²) in [7, 11) is 0. The van der Waals surface area contributed by atoms with Crippen molar-refractivity contribution < 1.29 is 19.5 Å². The fourth-order valence-corrected chi connectivity index (χ4v) is 5.15. The number of carboxylic acid groups (broad SMARTS) is 1. The number of aromatic nitrogens is 1. The van der Waals surface area contributed by atoms with Gasteiger partial charge < -0.3 is 15.3 Å². The average molecular weight is 515 g/mol. The van der Waals surface area contributed by atoms with E-state index in [1.165, 1.54) is 17.5 Å². The van der Waals surface area contributed by atoms with Gasteiger partial charge in [0.2, 0.25) is 5.91 Å². The summed E-state index contributed by atoms with van der Waals surface area (Å²) in [5.74, 6) is -0.286. The number of carbonyl (C=O) groups excluding carboxylic acids is 2. The summed E-state index contributed by atoms with van der Waals surface area (Å²) in [5, 5.41) is 14.0. The number of rotatable bonds is 3. The lowest BCUT2D eigenvalue weighted by Gasteiger charge is -2.25. The number of carbonyl (C=O) groups is 3. The number of hydrogen-bond acceptors (Lipinski definition) is 5. The molecule has 1 aromatic carbocycles. The Morgan fingerprint density at radius 1 is 1.33 bits per heavy atom. The van der Waals surface area contributed by atoms with Crippen molar-refractivity contribution in [3.8, 4) is 0 Å². The van der Waals surface area contributed by atoms with Crippen molar-refractivity contribution in [2.45, 2.75) is 11.8 Å². The number of anilines is 2. The van der Waals surface area contributed by atoms with E-state index in [1.807, 2.05) is 18.2 Å². The van der Waals surface area contributed by atoms with Crippen LogP contribution in [0.4, 0.5) is 20.4 Å². The maximum atomic E-state index is 13.0. The first-order valence-electron chi connectivity index (χ1n) is 9.02. The van der Waals surface area contributed by atoms with E-state index < -0.39 is 11.5 Å². The Morgan fingerprint density at radius 2 is 2.13 bits per heavy atom. The lowest BCUT2D eigenvalue weighted by atomic mass is 9.81. The fraction of sp³-hybridized carbons (Fsp3) is 0.333. The highest BCUT2D eigenvalue weighted by Crippen LogP contribution is 2.47. The summed E-state index contributed by atoms with van der Waals surface area (Å²) in [6.45, 7) is 1.03. The van der Waals surface area contributed by atoms with Gasteiger partial charge in [0.05, 0.1) is 6.20 Å². The molecule has 0 aliphatic carbocycles. The van der Waals surface area contributed by atoms with Gasteiger partial charge in [0.25, 0.3) is 0 Å². The molecule has 158 valence electrons. The molecule has 0 bridgehead atoms. The fourth-order valence-electron chi connectivity index (χ4n) is 3.99. The van der Waals surface area contributed by atoms with Crippen LogP contribution in [-0.4, -0.2) is 59.2 Å². The van der Waals surface area contributed by atoms with Crippen molar-refractivity contribution in [1.82, 2.24) is 15.2 Å². The predicted molar refractivity (Wildman–Crippen MR) is 117 cm³/mol. The number of nitrogens with one attached hydrogen (secondary N) is 2. The number of fused-ring (bicyclic) bond motifs is 2. The lowest BCUT2D eigenvalue weighted by Crippen LogP contribution is -2.43. The Kier molecular flexibility index (Phi) is 5.60.